The predicted molar refractivity (Wildman–Crippen MR) is 79.2 cm³/mol. The lowest BCUT2D eigenvalue weighted by molar-refractivity contribution is -0.138. The van der Waals surface area contributed by atoms with Crippen molar-refractivity contribution in [1.29, 1.82) is 0 Å². The molecule has 1 atom stereocenters. The van der Waals surface area contributed by atoms with Crippen LogP contribution in [0.1, 0.15) is 17.0 Å². The number of nitrogens with zero attached hydrogens (tertiary/aromatic N) is 1. The molecule has 0 saturated heterocycles. The van der Waals surface area contributed by atoms with Crippen LogP contribution in [0.4, 0.5) is 14.5 Å². The van der Waals surface area contributed by atoms with Crippen LogP contribution in [0, 0.1) is 11.6 Å². The smallest absolute Gasteiger partial charge is 0.312 e. The number of hydrogen-bond donors (Lipinski definition) is 1. The molecule has 1 aliphatic rings. The molecule has 0 bridgehead atoms. The summed E-state index contributed by atoms with van der Waals surface area (Å²) in [4.78, 5) is 25.2. The van der Waals surface area contributed by atoms with Gasteiger partial charge in [0.1, 0.15) is 5.92 Å². The number of carboxylic acid groups (broad SMARTS) is 1. The Morgan fingerprint density at radius 1 is 1.13 bits per heavy atom. The van der Waals surface area contributed by atoms with Crippen molar-refractivity contribution in [3.63, 3.8) is 0 Å². The van der Waals surface area contributed by atoms with Crippen LogP contribution < -0.4 is 4.90 Å². The topological polar surface area (TPSA) is 57.6 Å². The Balaban J connectivity index is 1.85. The second-order valence-electron chi connectivity index (χ2n) is 5.38. The van der Waals surface area contributed by atoms with E-state index in [2.05, 4.69) is 0 Å². The summed E-state index contributed by atoms with van der Waals surface area (Å²) in [7, 11) is 0. The van der Waals surface area contributed by atoms with Gasteiger partial charge in [0.25, 0.3) is 0 Å². The van der Waals surface area contributed by atoms with Crippen molar-refractivity contribution < 1.29 is 23.5 Å². The Hall–Kier alpha value is -2.76. The molecule has 2 aromatic carbocycles. The first-order valence-electron chi connectivity index (χ1n) is 7.03. The highest BCUT2D eigenvalue weighted by Crippen LogP contribution is 2.36. The molecule has 0 aliphatic carbocycles. The Morgan fingerprint density at radius 2 is 1.87 bits per heavy atom. The quantitative estimate of drug-likeness (QED) is 0.947. The van der Waals surface area contributed by atoms with Gasteiger partial charge in [0.05, 0.1) is 6.42 Å². The average Bonchev–Trinajstić information content (AvgIpc) is 2.91. The summed E-state index contributed by atoms with van der Waals surface area (Å²) in [6, 6.07) is 10.1. The Bertz CT molecular complexity index is 791. The van der Waals surface area contributed by atoms with Gasteiger partial charge in [-0.2, -0.15) is 0 Å². The van der Waals surface area contributed by atoms with Gasteiger partial charge < -0.3 is 10.0 Å². The Kier molecular flexibility index (Phi) is 3.82. The van der Waals surface area contributed by atoms with E-state index in [4.69, 9.17) is 0 Å². The van der Waals surface area contributed by atoms with Crippen molar-refractivity contribution in [2.24, 2.45) is 0 Å². The number of fused-ring (bicyclic) bond motifs is 1. The molecule has 6 heteroatoms. The molecule has 0 radical (unpaired) electrons. The van der Waals surface area contributed by atoms with Crippen molar-refractivity contribution in [2.75, 3.05) is 11.4 Å². The van der Waals surface area contributed by atoms with Crippen LogP contribution >= 0.6 is 0 Å². The Morgan fingerprint density at radius 3 is 2.57 bits per heavy atom. The number of para-hydroxylation sites is 1. The number of benzene rings is 2. The summed E-state index contributed by atoms with van der Waals surface area (Å²) in [5.41, 5.74) is 1.47. The standard InChI is InChI=1S/C17H13F2NO3/c18-13-6-5-10(7-14(13)19)8-16(21)20-9-12(17(22)23)11-3-1-2-4-15(11)20/h1-7,12H,8-9H2,(H,22,23)/t12-/m1/s1. The molecule has 118 valence electrons. The largest absolute Gasteiger partial charge is 0.481 e. The van der Waals surface area contributed by atoms with Gasteiger partial charge in [-0.05, 0) is 29.3 Å². The number of carbonyl (C=O) groups excluding carboxylic acids is 1. The van der Waals surface area contributed by atoms with Gasteiger partial charge in [0.2, 0.25) is 5.91 Å². The number of anilines is 1. The summed E-state index contributed by atoms with van der Waals surface area (Å²) in [5, 5.41) is 9.29. The zero-order valence-electron chi connectivity index (χ0n) is 12.0. The highest BCUT2D eigenvalue weighted by atomic mass is 19.2. The number of amides is 1. The molecule has 23 heavy (non-hydrogen) atoms. The molecule has 0 spiro atoms. The minimum absolute atomic E-state index is 0.0389. The molecule has 4 nitrogen and oxygen atoms in total. The van der Waals surface area contributed by atoms with Crippen LogP contribution in [-0.2, 0) is 16.0 Å². The van der Waals surface area contributed by atoms with E-state index < -0.39 is 23.5 Å². The molecular formula is C17H13F2NO3. The second kappa shape index (κ2) is 5.79. The molecule has 2 aromatic rings. The van der Waals surface area contributed by atoms with Crippen LogP contribution in [-0.4, -0.2) is 23.5 Å². The zero-order chi connectivity index (χ0) is 16.6. The van der Waals surface area contributed by atoms with Gasteiger partial charge in [0, 0.05) is 12.2 Å². The lowest BCUT2D eigenvalue weighted by Crippen LogP contribution is -2.32. The van der Waals surface area contributed by atoms with E-state index in [0.717, 1.165) is 12.1 Å². The Labute approximate surface area is 131 Å². The maximum atomic E-state index is 13.2. The summed E-state index contributed by atoms with van der Waals surface area (Å²) >= 11 is 0. The summed E-state index contributed by atoms with van der Waals surface area (Å²) in [5.74, 6) is -4.12. The monoisotopic (exact) mass is 317 g/mol. The fraction of sp³-hybridized carbons (Fsp3) is 0.176. The van der Waals surface area contributed by atoms with Crippen LogP contribution in [0.5, 0.6) is 0 Å². The van der Waals surface area contributed by atoms with E-state index >= 15 is 0 Å². The molecular weight excluding hydrogens is 304 g/mol. The van der Waals surface area contributed by atoms with Gasteiger partial charge in [-0.15, -0.1) is 0 Å². The zero-order valence-corrected chi connectivity index (χ0v) is 12.0. The third-order valence-corrected chi connectivity index (χ3v) is 3.91. The molecule has 1 heterocycles. The number of carbonyl (C=O) groups is 2. The third-order valence-electron chi connectivity index (χ3n) is 3.91. The first-order valence-corrected chi connectivity index (χ1v) is 7.03. The normalized spacial score (nSPS) is 16.3. The van der Waals surface area contributed by atoms with E-state index in [0.29, 0.717) is 16.8 Å². The molecule has 0 aromatic heterocycles. The van der Waals surface area contributed by atoms with Gasteiger partial charge in [-0.1, -0.05) is 24.3 Å². The van der Waals surface area contributed by atoms with Crippen molar-refractivity contribution >= 4 is 17.6 Å². The number of rotatable bonds is 3. The highest BCUT2D eigenvalue weighted by Gasteiger charge is 2.36. The lowest BCUT2D eigenvalue weighted by atomic mass is 10.0. The summed E-state index contributed by atoms with van der Waals surface area (Å²) < 4.78 is 26.2. The maximum absolute atomic E-state index is 13.2. The van der Waals surface area contributed by atoms with Gasteiger partial charge in [-0.3, -0.25) is 9.59 Å². The number of aliphatic carboxylic acids is 1. The molecule has 1 N–H and O–H groups in total. The van der Waals surface area contributed by atoms with Crippen molar-refractivity contribution in [2.45, 2.75) is 12.3 Å². The number of hydrogen-bond acceptors (Lipinski definition) is 2. The van der Waals surface area contributed by atoms with Crippen LogP contribution in [0.25, 0.3) is 0 Å². The van der Waals surface area contributed by atoms with E-state index in [-0.39, 0.29) is 18.9 Å². The van der Waals surface area contributed by atoms with E-state index in [1.807, 2.05) is 0 Å². The molecule has 3 rings (SSSR count). The van der Waals surface area contributed by atoms with Gasteiger partial charge >= 0.3 is 5.97 Å². The van der Waals surface area contributed by atoms with Crippen LogP contribution in [0.15, 0.2) is 42.5 Å². The van der Waals surface area contributed by atoms with Gasteiger partial charge in [-0.25, -0.2) is 8.78 Å². The van der Waals surface area contributed by atoms with E-state index in [1.54, 1.807) is 24.3 Å². The molecule has 0 saturated carbocycles. The van der Waals surface area contributed by atoms with Crippen LogP contribution in [0.3, 0.4) is 0 Å². The molecule has 0 unspecified atom stereocenters. The van der Waals surface area contributed by atoms with Gasteiger partial charge in [0.15, 0.2) is 11.6 Å². The first kappa shape index (κ1) is 15.1. The SMILES string of the molecule is O=C(O)[C@@H]1CN(C(=O)Cc2ccc(F)c(F)c2)c2ccccc21. The molecule has 1 aliphatic heterocycles. The number of carboxylic acids is 1. The highest BCUT2D eigenvalue weighted by molar-refractivity contribution is 5.99. The summed E-state index contributed by atoms with van der Waals surface area (Å²) in [6.07, 6.45) is -0.127. The molecule has 1 amide bonds. The minimum Gasteiger partial charge on any atom is -0.481 e. The minimum atomic E-state index is -1.01. The van der Waals surface area contributed by atoms with Crippen molar-refractivity contribution in [3.05, 3.63) is 65.2 Å². The number of halogens is 2. The fourth-order valence-corrected chi connectivity index (χ4v) is 2.77. The first-order chi connectivity index (χ1) is 11.0. The van der Waals surface area contributed by atoms with E-state index in [1.165, 1.54) is 11.0 Å². The summed E-state index contributed by atoms with van der Waals surface area (Å²) in [6.45, 7) is 0.0389. The molecule has 0 fully saturated rings. The average molecular weight is 317 g/mol. The fourth-order valence-electron chi connectivity index (χ4n) is 2.77. The van der Waals surface area contributed by atoms with Crippen molar-refractivity contribution in [3.8, 4) is 0 Å². The second-order valence-corrected chi connectivity index (χ2v) is 5.38. The van der Waals surface area contributed by atoms with Crippen LogP contribution in [0.2, 0.25) is 0 Å². The lowest BCUT2D eigenvalue weighted by Gasteiger charge is -2.17. The van der Waals surface area contributed by atoms with E-state index in [9.17, 15) is 23.5 Å². The third kappa shape index (κ3) is 2.79. The maximum Gasteiger partial charge on any atom is 0.312 e. The van der Waals surface area contributed by atoms with Crippen molar-refractivity contribution in [1.82, 2.24) is 0 Å². The predicted octanol–water partition coefficient (Wildman–Crippen LogP) is 2.72.